The van der Waals surface area contributed by atoms with Gasteiger partial charge in [0, 0.05) is 0 Å². The Balaban J connectivity index is 1.96. The highest BCUT2D eigenvalue weighted by Crippen LogP contribution is 2.26. The van der Waals surface area contributed by atoms with Gasteiger partial charge in [-0.1, -0.05) is 0 Å². The first kappa shape index (κ1) is 21.8. The SMILES string of the molecule is OCC(CO)O[C@@H]1OC[C@@H](O[C@@H]2O[C@H](CO)[C@H](O)[C@H](O)[C@H]2O)[C@H](O)[C@H]1O. The Bertz CT molecular complexity index is 419. The van der Waals surface area contributed by atoms with Crippen molar-refractivity contribution in [2.75, 3.05) is 26.4 Å². The van der Waals surface area contributed by atoms with Gasteiger partial charge >= 0.3 is 0 Å². The molecular formula is C14H26O12. The molecule has 2 saturated heterocycles. The molecule has 0 amide bonds. The van der Waals surface area contributed by atoms with Crippen molar-refractivity contribution in [3.8, 4) is 0 Å². The largest absolute Gasteiger partial charge is 0.394 e. The Morgan fingerprint density at radius 1 is 0.808 bits per heavy atom. The standard InChI is InChI=1S/C14H26O12/c15-1-5(2-16)24-13-11(21)9(19)7(4-23-13)26-14-12(22)10(20)8(18)6(3-17)25-14/h5-22H,1-4H2/t6-,7-,8+,9+,10+,11-,12-,13+,14+/m1/s1. The van der Waals surface area contributed by atoms with Crippen LogP contribution in [0.25, 0.3) is 0 Å². The van der Waals surface area contributed by atoms with Crippen LogP contribution in [0.2, 0.25) is 0 Å². The molecule has 12 heteroatoms. The molecule has 2 heterocycles. The first-order chi connectivity index (χ1) is 12.3. The normalized spacial score (nSPS) is 44.4. The van der Waals surface area contributed by atoms with Crippen molar-refractivity contribution in [3.63, 3.8) is 0 Å². The van der Waals surface area contributed by atoms with Gasteiger partial charge in [0.1, 0.15) is 48.8 Å². The second-order valence-electron chi connectivity index (χ2n) is 6.18. The van der Waals surface area contributed by atoms with Crippen LogP contribution in [-0.4, -0.2) is 129 Å². The molecule has 154 valence electrons. The van der Waals surface area contributed by atoms with Gasteiger partial charge in [-0.15, -0.1) is 0 Å². The summed E-state index contributed by atoms with van der Waals surface area (Å²) in [5, 5.41) is 76.7. The number of ether oxygens (including phenoxy) is 4. The lowest BCUT2D eigenvalue weighted by Gasteiger charge is -2.43. The van der Waals surface area contributed by atoms with E-state index in [-0.39, 0.29) is 6.61 Å². The lowest BCUT2D eigenvalue weighted by atomic mass is 9.99. The summed E-state index contributed by atoms with van der Waals surface area (Å²) in [6.45, 7) is -1.99. The van der Waals surface area contributed by atoms with Crippen LogP contribution in [0.4, 0.5) is 0 Å². The molecule has 2 rings (SSSR count). The van der Waals surface area contributed by atoms with Gasteiger partial charge in [-0.3, -0.25) is 0 Å². The maximum atomic E-state index is 10.2. The van der Waals surface area contributed by atoms with Gasteiger partial charge in [0.2, 0.25) is 0 Å². The molecule has 8 N–H and O–H groups in total. The van der Waals surface area contributed by atoms with Crippen LogP contribution >= 0.6 is 0 Å². The van der Waals surface area contributed by atoms with E-state index in [9.17, 15) is 25.5 Å². The third kappa shape index (κ3) is 4.67. The van der Waals surface area contributed by atoms with Gasteiger partial charge < -0.3 is 59.8 Å². The van der Waals surface area contributed by atoms with E-state index in [1.165, 1.54) is 0 Å². The molecule has 12 nitrogen and oxygen atoms in total. The molecule has 0 aliphatic carbocycles. The minimum atomic E-state index is -1.67. The molecule has 2 fully saturated rings. The highest BCUT2D eigenvalue weighted by atomic mass is 16.7. The lowest BCUT2D eigenvalue weighted by Crippen LogP contribution is -2.62. The van der Waals surface area contributed by atoms with Crippen LogP contribution in [0, 0.1) is 0 Å². The predicted octanol–water partition coefficient (Wildman–Crippen LogP) is -5.38. The van der Waals surface area contributed by atoms with Crippen LogP contribution in [0.3, 0.4) is 0 Å². The molecule has 2 aliphatic rings. The first-order valence-corrected chi connectivity index (χ1v) is 8.14. The zero-order valence-electron chi connectivity index (χ0n) is 13.8. The topological polar surface area (TPSA) is 199 Å². The molecule has 0 aromatic rings. The summed E-state index contributed by atoms with van der Waals surface area (Å²) in [5.74, 6) is 0. The third-order valence-corrected chi connectivity index (χ3v) is 4.33. The number of rotatable bonds is 7. The quantitative estimate of drug-likeness (QED) is 0.207. The third-order valence-electron chi connectivity index (χ3n) is 4.33. The fraction of sp³-hybridized carbons (Fsp3) is 1.00. The monoisotopic (exact) mass is 386 g/mol. The minimum Gasteiger partial charge on any atom is -0.394 e. The van der Waals surface area contributed by atoms with Crippen molar-refractivity contribution in [2.24, 2.45) is 0 Å². The summed E-state index contributed by atoms with van der Waals surface area (Å²) in [5.41, 5.74) is 0. The molecule has 0 unspecified atom stereocenters. The van der Waals surface area contributed by atoms with Crippen molar-refractivity contribution in [3.05, 3.63) is 0 Å². The maximum Gasteiger partial charge on any atom is 0.187 e. The van der Waals surface area contributed by atoms with E-state index >= 15 is 0 Å². The Hall–Kier alpha value is -0.480. The number of aliphatic hydroxyl groups excluding tert-OH is 8. The fourth-order valence-corrected chi connectivity index (χ4v) is 2.69. The van der Waals surface area contributed by atoms with Crippen LogP contribution in [0.1, 0.15) is 0 Å². The molecule has 2 aliphatic heterocycles. The Morgan fingerprint density at radius 3 is 2.00 bits per heavy atom. The van der Waals surface area contributed by atoms with Crippen molar-refractivity contribution in [2.45, 2.75) is 61.4 Å². The van der Waals surface area contributed by atoms with Crippen LogP contribution in [0.5, 0.6) is 0 Å². The number of hydrogen-bond donors (Lipinski definition) is 8. The molecule has 0 spiro atoms. The van der Waals surface area contributed by atoms with Crippen LogP contribution < -0.4 is 0 Å². The van der Waals surface area contributed by atoms with E-state index in [4.69, 9.17) is 34.3 Å². The lowest BCUT2D eigenvalue weighted by molar-refractivity contribution is -0.347. The summed E-state index contributed by atoms with van der Waals surface area (Å²) < 4.78 is 20.8. The van der Waals surface area contributed by atoms with E-state index in [0.717, 1.165) is 0 Å². The van der Waals surface area contributed by atoms with Gasteiger partial charge in [0.25, 0.3) is 0 Å². The summed E-state index contributed by atoms with van der Waals surface area (Å²) >= 11 is 0. The van der Waals surface area contributed by atoms with Gasteiger partial charge in [-0.05, 0) is 0 Å². The van der Waals surface area contributed by atoms with E-state index in [2.05, 4.69) is 0 Å². The maximum absolute atomic E-state index is 10.2. The van der Waals surface area contributed by atoms with E-state index in [1.54, 1.807) is 0 Å². The number of aliphatic hydroxyl groups is 8. The van der Waals surface area contributed by atoms with E-state index in [1.807, 2.05) is 0 Å². The summed E-state index contributed by atoms with van der Waals surface area (Å²) in [7, 11) is 0. The van der Waals surface area contributed by atoms with Gasteiger partial charge in [0.05, 0.1) is 26.4 Å². The smallest absolute Gasteiger partial charge is 0.187 e. The molecular weight excluding hydrogens is 360 g/mol. The van der Waals surface area contributed by atoms with Gasteiger partial charge in [0.15, 0.2) is 12.6 Å². The fourth-order valence-electron chi connectivity index (χ4n) is 2.69. The van der Waals surface area contributed by atoms with Crippen molar-refractivity contribution in [1.29, 1.82) is 0 Å². The number of hydrogen-bond acceptors (Lipinski definition) is 12. The Morgan fingerprint density at radius 2 is 1.42 bits per heavy atom. The average Bonchev–Trinajstić information content (AvgIpc) is 2.65. The molecule has 0 aromatic heterocycles. The zero-order chi connectivity index (χ0) is 19.4. The van der Waals surface area contributed by atoms with Crippen molar-refractivity contribution in [1.82, 2.24) is 0 Å². The van der Waals surface area contributed by atoms with E-state index in [0.29, 0.717) is 0 Å². The second kappa shape index (κ2) is 9.64. The summed E-state index contributed by atoms with van der Waals surface area (Å²) in [6.07, 6.45) is -14.2. The Labute approximate surface area is 148 Å². The molecule has 26 heavy (non-hydrogen) atoms. The predicted molar refractivity (Wildman–Crippen MR) is 79.4 cm³/mol. The second-order valence-corrected chi connectivity index (χ2v) is 6.18. The van der Waals surface area contributed by atoms with Gasteiger partial charge in [-0.2, -0.15) is 0 Å². The average molecular weight is 386 g/mol. The van der Waals surface area contributed by atoms with E-state index < -0.39 is 81.2 Å². The summed E-state index contributed by atoms with van der Waals surface area (Å²) in [6, 6.07) is 0. The minimum absolute atomic E-state index is 0.304. The molecule has 0 aromatic carbocycles. The molecule has 0 saturated carbocycles. The van der Waals surface area contributed by atoms with Crippen molar-refractivity contribution >= 4 is 0 Å². The molecule has 0 bridgehead atoms. The molecule has 9 atom stereocenters. The summed E-state index contributed by atoms with van der Waals surface area (Å²) in [4.78, 5) is 0. The Kier molecular flexibility index (Phi) is 8.08. The zero-order valence-corrected chi connectivity index (χ0v) is 13.8. The van der Waals surface area contributed by atoms with Crippen LogP contribution in [-0.2, 0) is 18.9 Å². The molecule has 0 radical (unpaired) electrons. The first-order valence-electron chi connectivity index (χ1n) is 8.14. The highest BCUT2D eigenvalue weighted by molar-refractivity contribution is 4.91. The van der Waals surface area contributed by atoms with Crippen molar-refractivity contribution < 1.29 is 59.8 Å². The van der Waals surface area contributed by atoms with Crippen LogP contribution in [0.15, 0.2) is 0 Å². The van der Waals surface area contributed by atoms with Gasteiger partial charge in [-0.25, -0.2) is 0 Å². The highest BCUT2D eigenvalue weighted by Gasteiger charge is 2.48.